The minimum atomic E-state index is -4.14. The standard InChI is InChI=1S/C15H22F3N5.HI/c1-19-14(21-8-5-12-4-2-3-7-20-12)22-13-6-9-23(10-13)11-15(16,17)18;/h2-4,7,13H,5-6,8-11H2,1H3,(H2,19,21,22);1H. The number of pyridine rings is 1. The van der Waals surface area contributed by atoms with E-state index in [1.807, 2.05) is 18.2 Å². The molecule has 1 fully saturated rings. The molecule has 0 radical (unpaired) electrons. The van der Waals surface area contributed by atoms with Crippen LogP contribution in [0, 0.1) is 0 Å². The molecular formula is C15H23F3IN5. The average molecular weight is 457 g/mol. The highest BCUT2D eigenvalue weighted by Crippen LogP contribution is 2.19. The van der Waals surface area contributed by atoms with E-state index in [9.17, 15) is 13.2 Å². The first-order chi connectivity index (χ1) is 11.0. The summed E-state index contributed by atoms with van der Waals surface area (Å²) in [6.07, 6.45) is -0.961. The fourth-order valence-corrected chi connectivity index (χ4v) is 2.59. The Morgan fingerprint density at radius 1 is 1.42 bits per heavy atom. The molecule has 2 N–H and O–H groups in total. The van der Waals surface area contributed by atoms with Crippen molar-refractivity contribution in [2.75, 3.05) is 33.2 Å². The zero-order valence-corrected chi connectivity index (χ0v) is 15.8. The minimum absolute atomic E-state index is 0. The molecule has 0 spiro atoms. The summed E-state index contributed by atoms with van der Waals surface area (Å²) in [5.74, 6) is 0.611. The molecule has 1 saturated heterocycles. The van der Waals surface area contributed by atoms with Gasteiger partial charge in [-0.25, -0.2) is 0 Å². The lowest BCUT2D eigenvalue weighted by Gasteiger charge is -2.19. The maximum absolute atomic E-state index is 12.4. The van der Waals surface area contributed by atoms with Crippen LogP contribution in [0.15, 0.2) is 29.4 Å². The van der Waals surface area contributed by atoms with Gasteiger partial charge in [0.1, 0.15) is 0 Å². The quantitative estimate of drug-likeness (QED) is 0.404. The second-order valence-electron chi connectivity index (χ2n) is 5.55. The van der Waals surface area contributed by atoms with Crippen LogP contribution in [-0.4, -0.2) is 61.3 Å². The minimum Gasteiger partial charge on any atom is -0.356 e. The first-order valence-electron chi connectivity index (χ1n) is 7.62. The maximum Gasteiger partial charge on any atom is 0.401 e. The van der Waals surface area contributed by atoms with Crippen molar-refractivity contribution in [1.82, 2.24) is 20.5 Å². The molecule has 9 heteroatoms. The second-order valence-corrected chi connectivity index (χ2v) is 5.55. The molecule has 1 aromatic heterocycles. The highest BCUT2D eigenvalue weighted by Gasteiger charge is 2.34. The molecule has 2 heterocycles. The van der Waals surface area contributed by atoms with Crippen LogP contribution in [0.2, 0.25) is 0 Å². The first kappa shape index (κ1) is 20.9. The van der Waals surface area contributed by atoms with Crippen molar-refractivity contribution >= 4 is 29.9 Å². The summed E-state index contributed by atoms with van der Waals surface area (Å²) in [5.41, 5.74) is 0.979. The van der Waals surface area contributed by atoms with Crippen LogP contribution in [0.25, 0.3) is 0 Å². The molecule has 1 unspecified atom stereocenters. The molecule has 24 heavy (non-hydrogen) atoms. The molecule has 0 bridgehead atoms. The van der Waals surface area contributed by atoms with Crippen LogP contribution < -0.4 is 10.6 Å². The zero-order valence-electron chi connectivity index (χ0n) is 13.5. The lowest BCUT2D eigenvalue weighted by atomic mass is 10.2. The number of likely N-dealkylation sites (tertiary alicyclic amines) is 1. The molecule has 0 aliphatic carbocycles. The van der Waals surface area contributed by atoms with Gasteiger partial charge in [-0.05, 0) is 18.6 Å². The van der Waals surface area contributed by atoms with Crippen molar-refractivity contribution < 1.29 is 13.2 Å². The van der Waals surface area contributed by atoms with Crippen molar-refractivity contribution in [3.63, 3.8) is 0 Å². The molecule has 0 amide bonds. The van der Waals surface area contributed by atoms with Gasteiger partial charge >= 0.3 is 6.18 Å². The summed E-state index contributed by atoms with van der Waals surface area (Å²) in [6.45, 7) is 0.634. The molecule has 1 atom stereocenters. The molecule has 2 rings (SSSR count). The molecule has 5 nitrogen and oxygen atoms in total. The summed E-state index contributed by atoms with van der Waals surface area (Å²) in [7, 11) is 1.65. The van der Waals surface area contributed by atoms with Crippen LogP contribution in [-0.2, 0) is 6.42 Å². The van der Waals surface area contributed by atoms with Gasteiger partial charge in [-0.2, -0.15) is 13.2 Å². The largest absolute Gasteiger partial charge is 0.401 e. The van der Waals surface area contributed by atoms with E-state index < -0.39 is 12.7 Å². The van der Waals surface area contributed by atoms with Gasteiger partial charge in [0.2, 0.25) is 0 Å². The zero-order chi connectivity index (χ0) is 16.7. The number of rotatable bonds is 5. The Balaban J connectivity index is 0.00000288. The van der Waals surface area contributed by atoms with Gasteiger partial charge in [0.15, 0.2) is 5.96 Å². The normalized spacial score (nSPS) is 19.0. The summed E-state index contributed by atoms with van der Waals surface area (Å²) in [4.78, 5) is 9.77. The van der Waals surface area contributed by atoms with E-state index in [4.69, 9.17) is 0 Å². The second kappa shape index (κ2) is 10.0. The Morgan fingerprint density at radius 3 is 2.83 bits per heavy atom. The number of aromatic nitrogens is 1. The first-order valence-corrected chi connectivity index (χ1v) is 7.62. The van der Waals surface area contributed by atoms with E-state index in [2.05, 4.69) is 20.6 Å². The molecule has 0 aromatic carbocycles. The van der Waals surface area contributed by atoms with Crippen LogP contribution in [0.3, 0.4) is 0 Å². The Bertz CT molecular complexity index is 510. The van der Waals surface area contributed by atoms with Crippen LogP contribution >= 0.6 is 24.0 Å². The van der Waals surface area contributed by atoms with Crippen molar-refractivity contribution in [2.45, 2.75) is 25.1 Å². The highest BCUT2D eigenvalue weighted by molar-refractivity contribution is 14.0. The molecule has 1 aromatic rings. The van der Waals surface area contributed by atoms with Crippen LogP contribution in [0.5, 0.6) is 0 Å². The van der Waals surface area contributed by atoms with Crippen LogP contribution in [0.4, 0.5) is 13.2 Å². The number of hydrogen-bond acceptors (Lipinski definition) is 3. The fourth-order valence-electron chi connectivity index (χ4n) is 2.59. The topological polar surface area (TPSA) is 52.6 Å². The van der Waals surface area contributed by atoms with Crippen molar-refractivity contribution in [2.24, 2.45) is 4.99 Å². The van der Waals surface area contributed by atoms with Crippen molar-refractivity contribution in [3.05, 3.63) is 30.1 Å². The van der Waals surface area contributed by atoms with E-state index in [0.717, 1.165) is 12.1 Å². The molecule has 136 valence electrons. The number of halogens is 4. The number of alkyl halides is 3. The van der Waals surface area contributed by atoms with Gasteiger partial charge in [-0.15, -0.1) is 24.0 Å². The summed E-state index contributed by atoms with van der Waals surface area (Å²) in [6, 6.07) is 5.73. The molecule has 1 aliphatic rings. The van der Waals surface area contributed by atoms with Gasteiger partial charge in [0.05, 0.1) is 6.54 Å². The number of hydrogen-bond donors (Lipinski definition) is 2. The lowest BCUT2D eigenvalue weighted by Crippen LogP contribution is -2.45. The highest BCUT2D eigenvalue weighted by atomic mass is 127. The predicted octanol–water partition coefficient (Wildman–Crippen LogP) is 2.04. The smallest absolute Gasteiger partial charge is 0.356 e. The van der Waals surface area contributed by atoms with Gasteiger partial charge in [-0.1, -0.05) is 6.07 Å². The summed E-state index contributed by atoms with van der Waals surface area (Å²) in [5, 5.41) is 6.34. The van der Waals surface area contributed by atoms with E-state index in [0.29, 0.717) is 32.0 Å². The lowest BCUT2D eigenvalue weighted by molar-refractivity contribution is -0.143. The molecule has 0 saturated carbocycles. The monoisotopic (exact) mass is 457 g/mol. The third kappa shape index (κ3) is 7.65. The predicted molar refractivity (Wildman–Crippen MR) is 98.8 cm³/mol. The Labute approximate surface area is 157 Å². The molecule has 1 aliphatic heterocycles. The van der Waals surface area contributed by atoms with Crippen molar-refractivity contribution in [3.8, 4) is 0 Å². The summed E-state index contributed by atoms with van der Waals surface area (Å²) >= 11 is 0. The van der Waals surface area contributed by atoms with Crippen molar-refractivity contribution in [1.29, 1.82) is 0 Å². The SMILES string of the molecule is CN=C(NCCc1ccccn1)NC1CCN(CC(F)(F)F)C1.I. The van der Waals surface area contributed by atoms with E-state index >= 15 is 0 Å². The number of aliphatic imine (C=N–C) groups is 1. The Kier molecular flexibility index (Phi) is 8.74. The summed E-state index contributed by atoms with van der Waals surface area (Å²) < 4.78 is 37.2. The maximum atomic E-state index is 12.4. The third-order valence-corrected chi connectivity index (χ3v) is 3.64. The molecular weight excluding hydrogens is 434 g/mol. The fraction of sp³-hybridized carbons (Fsp3) is 0.600. The Morgan fingerprint density at radius 2 is 2.21 bits per heavy atom. The third-order valence-electron chi connectivity index (χ3n) is 3.64. The van der Waals surface area contributed by atoms with E-state index in [1.165, 1.54) is 4.90 Å². The van der Waals surface area contributed by atoms with Gasteiger partial charge in [0.25, 0.3) is 0 Å². The van der Waals surface area contributed by atoms with Gasteiger partial charge in [0, 0.05) is 51.0 Å². The number of nitrogens with one attached hydrogen (secondary N) is 2. The number of guanidine groups is 1. The van der Waals surface area contributed by atoms with Crippen LogP contribution in [0.1, 0.15) is 12.1 Å². The van der Waals surface area contributed by atoms with Gasteiger partial charge < -0.3 is 10.6 Å². The van der Waals surface area contributed by atoms with Gasteiger partial charge in [-0.3, -0.25) is 14.9 Å². The average Bonchev–Trinajstić information content (AvgIpc) is 2.92. The van der Waals surface area contributed by atoms with E-state index in [-0.39, 0.29) is 30.0 Å². The Hall–Kier alpha value is -1.10. The van der Waals surface area contributed by atoms with E-state index in [1.54, 1.807) is 13.2 Å². The number of nitrogens with zero attached hydrogens (tertiary/aromatic N) is 3.